The molecule has 0 atom stereocenters. The zero-order valence-corrected chi connectivity index (χ0v) is 11.0. The van der Waals surface area contributed by atoms with Gasteiger partial charge in [0.1, 0.15) is 12.4 Å². The lowest BCUT2D eigenvalue weighted by Gasteiger charge is -2.26. The van der Waals surface area contributed by atoms with Crippen LogP contribution in [0.2, 0.25) is 0 Å². The van der Waals surface area contributed by atoms with Crippen LogP contribution in [0.1, 0.15) is 50.3 Å². The van der Waals surface area contributed by atoms with Gasteiger partial charge in [0, 0.05) is 23.5 Å². The van der Waals surface area contributed by atoms with Gasteiger partial charge in [-0.3, -0.25) is 4.79 Å². The van der Waals surface area contributed by atoms with Crippen LogP contribution in [-0.2, 0) is 4.79 Å². The van der Waals surface area contributed by atoms with Crippen LogP contribution in [0.15, 0.2) is 0 Å². The van der Waals surface area contributed by atoms with Gasteiger partial charge in [0.25, 0.3) is 0 Å². The smallest absolute Gasteiger partial charge is 0.323 e. The number of carboxylic acid groups (broad SMARTS) is 1. The highest BCUT2D eigenvalue weighted by atomic mass is 32.1. The summed E-state index contributed by atoms with van der Waals surface area (Å²) >= 11 is 1.36. The van der Waals surface area contributed by atoms with Gasteiger partial charge in [-0.15, -0.1) is 0 Å². The Hall–Kier alpha value is -1.17. The Labute approximate surface area is 110 Å². The number of carboxylic acids is 1. The average Bonchev–Trinajstić information content (AvgIpc) is 2.89. The number of nitrogens with zero attached hydrogens (tertiary/aromatic N) is 3. The molecule has 1 N–H and O–H groups in total. The number of aromatic nitrogens is 2. The molecule has 1 heterocycles. The molecule has 0 bridgehead atoms. The summed E-state index contributed by atoms with van der Waals surface area (Å²) in [5.41, 5.74) is 0. The number of rotatable bonds is 5. The van der Waals surface area contributed by atoms with E-state index in [-0.39, 0.29) is 6.54 Å². The number of hydrogen-bond donors (Lipinski definition) is 1. The highest BCUT2D eigenvalue weighted by Crippen LogP contribution is 2.40. The van der Waals surface area contributed by atoms with Crippen LogP contribution < -0.4 is 4.90 Å². The molecular weight excluding hydrogens is 250 g/mol. The second-order valence-electron chi connectivity index (χ2n) is 5.17. The molecule has 6 heteroatoms. The topological polar surface area (TPSA) is 66.3 Å². The average molecular weight is 267 g/mol. The maximum atomic E-state index is 11.0. The van der Waals surface area contributed by atoms with E-state index in [0.29, 0.717) is 12.0 Å². The van der Waals surface area contributed by atoms with E-state index in [9.17, 15) is 4.79 Å². The van der Waals surface area contributed by atoms with E-state index < -0.39 is 5.97 Å². The second kappa shape index (κ2) is 4.84. The number of aliphatic carboxylic acids is 1. The van der Waals surface area contributed by atoms with Crippen molar-refractivity contribution >= 4 is 22.6 Å². The Morgan fingerprint density at radius 1 is 1.33 bits per heavy atom. The summed E-state index contributed by atoms with van der Waals surface area (Å²) < 4.78 is 4.37. The molecule has 98 valence electrons. The number of carbonyl (C=O) groups is 1. The third-order valence-corrected chi connectivity index (χ3v) is 4.46. The van der Waals surface area contributed by atoms with Gasteiger partial charge < -0.3 is 10.0 Å². The third-order valence-electron chi connectivity index (χ3n) is 3.69. The first-order valence-corrected chi connectivity index (χ1v) is 7.33. The lowest BCUT2D eigenvalue weighted by atomic mass is 10.2. The normalized spacial score (nSPS) is 20.2. The molecule has 0 aromatic carbocycles. The van der Waals surface area contributed by atoms with Gasteiger partial charge in [-0.1, -0.05) is 12.8 Å². The molecular formula is C12H17N3O2S. The summed E-state index contributed by atoms with van der Waals surface area (Å²) in [5, 5.41) is 9.85. The molecule has 1 aromatic heterocycles. The quantitative estimate of drug-likeness (QED) is 0.886. The van der Waals surface area contributed by atoms with Gasteiger partial charge in [0.2, 0.25) is 5.13 Å². The Morgan fingerprint density at radius 3 is 2.67 bits per heavy atom. The molecule has 18 heavy (non-hydrogen) atoms. The van der Waals surface area contributed by atoms with Gasteiger partial charge in [-0.2, -0.15) is 4.37 Å². The summed E-state index contributed by atoms with van der Waals surface area (Å²) in [7, 11) is 0. The van der Waals surface area contributed by atoms with Gasteiger partial charge in [0.15, 0.2) is 0 Å². The van der Waals surface area contributed by atoms with Crippen molar-refractivity contribution in [3.63, 3.8) is 0 Å². The lowest BCUT2D eigenvalue weighted by molar-refractivity contribution is -0.135. The molecule has 0 saturated heterocycles. The fourth-order valence-electron chi connectivity index (χ4n) is 2.56. The Bertz CT molecular complexity index is 438. The Balaban J connectivity index is 1.78. The molecule has 2 fully saturated rings. The minimum absolute atomic E-state index is 0.0456. The molecule has 0 amide bonds. The molecule has 1 aromatic rings. The summed E-state index contributed by atoms with van der Waals surface area (Å²) in [6.45, 7) is 0.0456. The maximum Gasteiger partial charge on any atom is 0.323 e. The van der Waals surface area contributed by atoms with Crippen LogP contribution in [0, 0.1) is 0 Å². The molecule has 3 rings (SSSR count). The number of anilines is 1. The van der Waals surface area contributed by atoms with Gasteiger partial charge in [-0.25, -0.2) is 4.98 Å². The highest BCUT2D eigenvalue weighted by Gasteiger charge is 2.31. The van der Waals surface area contributed by atoms with E-state index in [1.54, 1.807) is 0 Å². The minimum atomic E-state index is -0.787. The summed E-state index contributed by atoms with van der Waals surface area (Å²) in [6, 6.07) is 0.334. The van der Waals surface area contributed by atoms with Crippen molar-refractivity contribution in [1.29, 1.82) is 0 Å². The molecule has 2 aliphatic carbocycles. The molecule has 0 unspecified atom stereocenters. The maximum absolute atomic E-state index is 11.0. The molecule has 2 saturated carbocycles. The second-order valence-corrected chi connectivity index (χ2v) is 5.90. The lowest BCUT2D eigenvalue weighted by Crippen LogP contribution is -2.37. The summed E-state index contributed by atoms with van der Waals surface area (Å²) in [5.74, 6) is 0.665. The standard InChI is InChI=1S/C12H17N3O2S/c16-10(17)7-15(9-3-1-2-4-9)12-13-11(14-18-12)8-5-6-8/h8-9H,1-7H2,(H,16,17). The van der Waals surface area contributed by atoms with E-state index in [0.717, 1.165) is 23.8 Å². The molecule has 0 aliphatic heterocycles. The predicted molar refractivity (Wildman–Crippen MR) is 69.1 cm³/mol. The summed E-state index contributed by atoms with van der Waals surface area (Å²) in [6.07, 6.45) is 6.89. The van der Waals surface area contributed by atoms with Crippen molar-refractivity contribution in [2.24, 2.45) is 0 Å². The van der Waals surface area contributed by atoms with Gasteiger partial charge >= 0.3 is 5.97 Å². The first-order chi connectivity index (χ1) is 8.74. The van der Waals surface area contributed by atoms with Gasteiger partial charge in [0.05, 0.1) is 0 Å². The van der Waals surface area contributed by atoms with Gasteiger partial charge in [-0.05, 0) is 25.7 Å². The predicted octanol–water partition coefficient (Wildman–Crippen LogP) is 2.25. The van der Waals surface area contributed by atoms with E-state index in [1.807, 2.05) is 4.90 Å². The molecule has 5 nitrogen and oxygen atoms in total. The van der Waals surface area contributed by atoms with Crippen molar-refractivity contribution in [2.45, 2.75) is 50.5 Å². The Kier molecular flexibility index (Phi) is 3.20. The van der Waals surface area contributed by atoms with Crippen molar-refractivity contribution < 1.29 is 9.90 Å². The Morgan fingerprint density at radius 2 is 2.06 bits per heavy atom. The zero-order chi connectivity index (χ0) is 12.5. The van der Waals surface area contributed by atoms with E-state index in [4.69, 9.17) is 5.11 Å². The fraction of sp³-hybridized carbons (Fsp3) is 0.750. The highest BCUT2D eigenvalue weighted by molar-refractivity contribution is 7.09. The third kappa shape index (κ3) is 2.48. The first-order valence-electron chi connectivity index (χ1n) is 6.56. The van der Waals surface area contributed by atoms with Crippen molar-refractivity contribution in [1.82, 2.24) is 9.36 Å². The van der Waals surface area contributed by atoms with Crippen molar-refractivity contribution in [3.05, 3.63) is 5.82 Å². The minimum Gasteiger partial charge on any atom is -0.480 e. The largest absolute Gasteiger partial charge is 0.480 e. The van der Waals surface area contributed by atoms with Crippen LogP contribution in [0.25, 0.3) is 0 Å². The molecule has 0 spiro atoms. The van der Waals surface area contributed by atoms with Crippen LogP contribution in [0.3, 0.4) is 0 Å². The van der Waals surface area contributed by atoms with E-state index >= 15 is 0 Å². The van der Waals surface area contributed by atoms with Crippen molar-refractivity contribution in [2.75, 3.05) is 11.4 Å². The van der Waals surface area contributed by atoms with Crippen LogP contribution >= 0.6 is 11.5 Å². The van der Waals surface area contributed by atoms with Crippen LogP contribution in [0.4, 0.5) is 5.13 Å². The van der Waals surface area contributed by atoms with Crippen molar-refractivity contribution in [3.8, 4) is 0 Å². The number of hydrogen-bond acceptors (Lipinski definition) is 5. The summed E-state index contributed by atoms with van der Waals surface area (Å²) in [4.78, 5) is 17.5. The van der Waals surface area contributed by atoms with E-state index in [2.05, 4.69) is 9.36 Å². The van der Waals surface area contributed by atoms with Crippen LogP contribution in [-0.4, -0.2) is 33.0 Å². The first kappa shape index (κ1) is 11.9. The fourth-order valence-corrected chi connectivity index (χ4v) is 3.38. The molecule has 2 aliphatic rings. The van der Waals surface area contributed by atoms with Crippen LogP contribution in [0.5, 0.6) is 0 Å². The van der Waals surface area contributed by atoms with E-state index in [1.165, 1.54) is 37.2 Å². The monoisotopic (exact) mass is 267 g/mol. The molecule has 0 radical (unpaired) electrons. The zero-order valence-electron chi connectivity index (χ0n) is 10.2. The SMILES string of the molecule is O=C(O)CN(c1nc(C2CC2)ns1)C1CCCC1.